The maximum Gasteiger partial charge on any atom is 0.416 e. The fourth-order valence-electron chi connectivity index (χ4n) is 1.94. The molecule has 2 aliphatic heterocycles. The van der Waals surface area contributed by atoms with Crippen LogP contribution in [0.15, 0.2) is 12.3 Å². The van der Waals surface area contributed by atoms with Crippen LogP contribution in [0.1, 0.15) is 6.92 Å². The quantitative estimate of drug-likeness (QED) is 0.382. The van der Waals surface area contributed by atoms with Crippen LogP contribution < -0.4 is 0 Å². The largest absolute Gasteiger partial charge is 0.452 e. The van der Waals surface area contributed by atoms with Gasteiger partial charge in [-0.25, -0.2) is 9.69 Å². The number of hydrogen-bond acceptors (Lipinski definition) is 4. The molecule has 0 aromatic carbocycles. The van der Waals surface area contributed by atoms with Gasteiger partial charge in [0, 0.05) is 12.1 Å². The van der Waals surface area contributed by atoms with Crippen molar-refractivity contribution in [3.05, 3.63) is 12.3 Å². The second-order valence-electron chi connectivity index (χ2n) is 3.86. The van der Waals surface area contributed by atoms with E-state index in [9.17, 15) is 9.59 Å². The van der Waals surface area contributed by atoms with Crippen molar-refractivity contribution in [3.8, 4) is 0 Å². The Bertz CT molecular complexity index is 357. The first-order valence-corrected chi connectivity index (χ1v) is 6.20. The van der Waals surface area contributed by atoms with Gasteiger partial charge in [-0.3, -0.25) is 4.79 Å². The SMILES string of the molecule is COC(=O)N1C=C[C@H]2C(C)C(=O)O[C@@H]1C2I. The molecule has 0 N–H and O–H groups in total. The molecule has 2 bridgehead atoms. The lowest BCUT2D eigenvalue weighted by Gasteiger charge is -2.43. The Kier molecular flexibility index (Phi) is 3.09. The van der Waals surface area contributed by atoms with Crippen molar-refractivity contribution in [2.45, 2.75) is 17.1 Å². The molecule has 0 aromatic heterocycles. The fourth-order valence-corrected chi connectivity index (χ4v) is 3.30. The first-order valence-electron chi connectivity index (χ1n) is 4.95. The fraction of sp³-hybridized carbons (Fsp3) is 0.600. The first-order chi connectivity index (χ1) is 7.56. The molecule has 2 unspecified atom stereocenters. The van der Waals surface area contributed by atoms with Crippen molar-refractivity contribution in [2.24, 2.45) is 11.8 Å². The molecule has 4 atom stereocenters. The van der Waals surface area contributed by atoms with Crippen LogP contribution in [-0.4, -0.2) is 34.2 Å². The van der Waals surface area contributed by atoms with Gasteiger partial charge in [0.1, 0.15) is 0 Å². The summed E-state index contributed by atoms with van der Waals surface area (Å²) in [4.78, 5) is 24.3. The summed E-state index contributed by atoms with van der Waals surface area (Å²) in [5.74, 6) is -0.303. The molecule has 2 aliphatic rings. The highest BCUT2D eigenvalue weighted by Gasteiger charge is 2.47. The topological polar surface area (TPSA) is 55.8 Å². The van der Waals surface area contributed by atoms with Gasteiger partial charge in [-0.15, -0.1) is 0 Å². The first kappa shape index (κ1) is 11.7. The van der Waals surface area contributed by atoms with Crippen LogP contribution in [0.2, 0.25) is 0 Å². The number of hydrogen-bond donors (Lipinski definition) is 0. The molecule has 1 saturated heterocycles. The standard InChI is InChI=1S/C10H12INO4/c1-5-6-3-4-12(10(14)15-2)8(7(6)11)16-9(5)13/h3-8H,1-2H3/t5?,6-,7?,8+/m0/s1. The summed E-state index contributed by atoms with van der Waals surface area (Å²) in [5.41, 5.74) is 0. The lowest BCUT2D eigenvalue weighted by atomic mass is 9.86. The average Bonchev–Trinajstić information content (AvgIpc) is 2.27. The summed E-state index contributed by atoms with van der Waals surface area (Å²) in [6, 6.07) is 0. The summed E-state index contributed by atoms with van der Waals surface area (Å²) < 4.78 is 9.94. The summed E-state index contributed by atoms with van der Waals surface area (Å²) in [6.07, 6.45) is 2.45. The maximum absolute atomic E-state index is 11.6. The minimum Gasteiger partial charge on any atom is -0.452 e. The minimum atomic E-state index is -0.549. The van der Waals surface area contributed by atoms with Crippen LogP contribution in [0.5, 0.6) is 0 Å². The third-order valence-corrected chi connectivity index (χ3v) is 4.40. The second-order valence-corrected chi connectivity index (χ2v) is 5.30. The summed E-state index contributed by atoms with van der Waals surface area (Å²) in [5, 5.41) is 0. The zero-order valence-electron chi connectivity index (χ0n) is 8.92. The van der Waals surface area contributed by atoms with Crippen LogP contribution >= 0.6 is 22.6 Å². The zero-order valence-corrected chi connectivity index (χ0v) is 11.1. The molecule has 0 aliphatic carbocycles. The highest BCUT2D eigenvalue weighted by Crippen LogP contribution is 2.38. The van der Waals surface area contributed by atoms with Crippen molar-refractivity contribution in [2.75, 3.05) is 7.11 Å². The van der Waals surface area contributed by atoms with Gasteiger partial charge in [0.25, 0.3) is 0 Å². The molecule has 1 fully saturated rings. The monoisotopic (exact) mass is 337 g/mol. The molecule has 0 spiro atoms. The van der Waals surface area contributed by atoms with E-state index in [1.54, 1.807) is 6.20 Å². The Hall–Kier alpha value is -0.790. The molecule has 88 valence electrons. The molecule has 5 nitrogen and oxygen atoms in total. The third-order valence-electron chi connectivity index (χ3n) is 2.95. The Labute approximate surface area is 107 Å². The van der Waals surface area contributed by atoms with Crippen molar-refractivity contribution in [3.63, 3.8) is 0 Å². The lowest BCUT2D eigenvalue weighted by molar-refractivity contribution is -0.170. The van der Waals surface area contributed by atoms with Crippen molar-refractivity contribution >= 4 is 34.7 Å². The number of esters is 1. The van der Waals surface area contributed by atoms with Gasteiger partial charge < -0.3 is 9.47 Å². The lowest BCUT2D eigenvalue weighted by Crippen LogP contribution is -2.55. The molecule has 0 saturated carbocycles. The van der Waals surface area contributed by atoms with Gasteiger partial charge >= 0.3 is 12.1 Å². The Balaban J connectivity index is 2.30. The van der Waals surface area contributed by atoms with Gasteiger partial charge in [0.2, 0.25) is 0 Å². The highest BCUT2D eigenvalue weighted by molar-refractivity contribution is 14.1. The van der Waals surface area contributed by atoms with E-state index in [1.807, 2.05) is 13.0 Å². The van der Waals surface area contributed by atoms with Gasteiger partial charge in [-0.1, -0.05) is 35.6 Å². The summed E-state index contributed by atoms with van der Waals surface area (Å²) in [6.45, 7) is 1.84. The molecule has 1 amide bonds. The number of methoxy groups -OCH3 is 1. The maximum atomic E-state index is 11.6. The number of fused-ring (bicyclic) bond motifs is 2. The molecule has 0 radical (unpaired) electrons. The van der Waals surface area contributed by atoms with E-state index >= 15 is 0 Å². The predicted molar refractivity (Wildman–Crippen MR) is 63.7 cm³/mol. The van der Waals surface area contributed by atoms with Crippen LogP contribution in [0.4, 0.5) is 4.79 Å². The van der Waals surface area contributed by atoms with E-state index < -0.39 is 12.3 Å². The number of halogens is 1. The number of rotatable bonds is 0. The van der Waals surface area contributed by atoms with Crippen LogP contribution in [0.3, 0.4) is 0 Å². The summed E-state index contributed by atoms with van der Waals surface area (Å²) in [7, 11) is 1.30. The van der Waals surface area contributed by atoms with Gasteiger partial charge in [0.15, 0.2) is 6.23 Å². The van der Waals surface area contributed by atoms with Crippen LogP contribution in [0, 0.1) is 11.8 Å². The van der Waals surface area contributed by atoms with E-state index in [4.69, 9.17) is 4.74 Å². The summed E-state index contributed by atoms with van der Waals surface area (Å²) >= 11 is 2.21. The normalized spacial score (nSPS) is 36.9. The van der Waals surface area contributed by atoms with Crippen molar-refractivity contribution < 1.29 is 19.1 Å². The Morgan fingerprint density at radius 1 is 1.62 bits per heavy atom. The molecule has 6 heteroatoms. The van der Waals surface area contributed by atoms with Gasteiger partial charge in [-0.05, 0) is 0 Å². The van der Waals surface area contributed by atoms with Gasteiger partial charge in [-0.2, -0.15) is 0 Å². The molecular formula is C10H12INO4. The predicted octanol–water partition coefficient (Wildman–Crippen LogP) is 1.52. The number of allylic oxidation sites excluding steroid dienone is 1. The molecule has 2 rings (SSSR count). The van der Waals surface area contributed by atoms with E-state index in [1.165, 1.54) is 12.0 Å². The number of alkyl halides is 1. The molecule has 16 heavy (non-hydrogen) atoms. The molecular weight excluding hydrogens is 325 g/mol. The average molecular weight is 337 g/mol. The van der Waals surface area contributed by atoms with E-state index in [0.717, 1.165) is 0 Å². The minimum absolute atomic E-state index is 0.0643. The van der Waals surface area contributed by atoms with Crippen molar-refractivity contribution in [1.29, 1.82) is 0 Å². The smallest absolute Gasteiger partial charge is 0.416 e. The van der Waals surface area contributed by atoms with Crippen LogP contribution in [-0.2, 0) is 14.3 Å². The van der Waals surface area contributed by atoms with E-state index in [0.29, 0.717) is 0 Å². The number of carbonyl (C=O) groups is 2. The van der Waals surface area contributed by atoms with Gasteiger partial charge in [0.05, 0.1) is 17.0 Å². The van der Waals surface area contributed by atoms with Crippen LogP contribution in [0.25, 0.3) is 0 Å². The number of carbonyl (C=O) groups excluding carboxylic acids is 2. The molecule has 0 aromatic rings. The highest BCUT2D eigenvalue weighted by atomic mass is 127. The Morgan fingerprint density at radius 3 is 2.94 bits per heavy atom. The number of nitrogens with zero attached hydrogens (tertiary/aromatic N) is 1. The number of amides is 1. The second kappa shape index (κ2) is 4.23. The van der Waals surface area contributed by atoms with Crippen molar-refractivity contribution in [1.82, 2.24) is 4.90 Å². The molecule has 2 heterocycles. The Morgan fingerprint density at radius 2 is 2.31 bits per heavy atom. The van der Waals surface area contributed by atoms with E-state index in [2.05, 4.69) is 27.3 Å². The van der Waals surface area contributed by atoms with E-state index in [-0.39, 0.29) is 21.7 Å². The zero-order chi connectivity index (χ0) is 11.9. The number of ether oxygens (including phenoxy) is 2. The third kappa shape index (κ3) is 1.68.